The van der Waals surface area contributed by atoms with Gasteiger partial charge < -0.3 is 15.0 Å². The summed E-state index contributed by atoms with van der Waals surface area (Å²) in [6.45, 7) is 5.85. The number of rotatable bonds is 4. The van der Waals surface area contributed by atoms with E-state index in [2.05, 4.69) is 20.2 Å². The van der Waals surface area contributed by atoms with Crippen molar-refractivity contribution in [2.75, 3.05) is 36.5 Å². The number of nitrogens with zero attached hydrogens (tertiary/aromatic N) is 3. The average Bonchev–Trinajstić information content (AvgIpc) is 2.55. The normalized spacial score (nSPS) is 14.9. The van der Waals surface area contributed by atoms with E-state index in [-0.39, 0.29) is 0 Å². The standard InChI is InChI=1S/C16H19ClN4O/c1-12-19-15(18-11-13-2-4-14(17)5-3-13)10-16(20-12)21-6-8-22-9-7-21/h2-5,10H,6-9,11H2,1H3,(H,18,19,20). The van der Waals surface area contributed by atoms with Crippen molar-refractivity contribution in [3.8, 4) is 0 Å². The maximum absolute atomic E-state index is 5.90. The molecule has 5 nitrogen and oxygen atoms in total. The van der Waals surface area contributed by atoms with Crippen LogP contribution in [0.3, 0.4) is 0 Å². The van der Waals surface area contributed by atoms with Gasteiger partial charge in [-0.25, -0.2) is 9.97 Å². The number of aryl methyl sites for hydroxylation is 1. The maximum atomic E-state index is 5.90. The highest BCUT2D eigenvalue weighted by molar-refractivity contribution is 6.30. The Morgan fingerprint density at radius 2 is 1.91 bits per heavy atom. The van der Waals surface area contributed by atoms with Crippen molar-refractivity contribution in [1.29, 1.82) is 0 Å². The van der Waals surface area contributed by atoms with Gasteiger partial charge in [0, 0.05) is 30.7 Å². The molecule has 1 fully saturated rings. The van der Waals surface area contributed by atoms with Crippen molar-refractivity contribution in [2.24, 2.45) is 0 Å². The first-order valence-electron chi connectivity index (χ1n) is 7.37. The molecule has 0 amide bonds. The minimum absolute atomic E-state index is 0.705. The molecule has 1 aliphatic rings. The molecule has 2 heterocycles. The smallest absolute Gasteiger partial charge is 0.134 e. The molecule has 0 saturated carbocycles. The number of aromatic nitrogens is 2. The second-order valence-electron chi connectivity index (χ2n) is 5.24. The second-order valence-corrected chi connectivity index (χ2v) is 5.67. The van der Waals surface area contributed by atoms with Crippen LogP contribution in [0, 0.1) is 6.92 Å². The van der Waals surface area contributed by atoms with Gasteiger partial charge in [0.15, 0.2) is 0 Å². The lowest BCUT2D eigenvalue weighted by atomic mass is 10.2. The molecular formula is C16H19ClN4O. The van der Waals surface area contributed by atoms with Crippen LogP contribution >= 0.6 is 11.6 Å². The molecule has 22 heavy (non-hydrogen) atoms. The first-order valence-corrected chi connectivity index (χ1v) is 7.75. The fourth-order valence-corrected chi connectivity index (χ4v) is 2.52. The number of hydrogen-bond donors (Lipinski definition) is 1. The van der Waals surface area contributed by atoms with Crippen molar-refractivity contribution < 1.29 is 4.74 Å². The van der Waals surface area contributed by atoms with Crippen molar-refractivity contribution in [1.82, 2.24) is 9.97 Å². The molecule has 3 rings (SSSR count). The Balaban J connectivity index is 1.70. The highest BCUT2D eigenvalue weighted by Gasteiger charge is 2.14. The van der Waals surface area contributed by atoms with Crippen LogP contribution in [0.4, 0.5) is 11.6 Å². The third-order valence-corrected chi connectivity index (χ3v) is 3.80. The zero-order valence-electron chi connectivity index (χ0n) is 12.6. The van der Waals surface area contributed by atoms with Gasteiger partial charge in [0.2, 0.25) is 0 Å². The van der Waals surface area contributed by atoms with E-state index in [4.69, 9.17) is 16.3 Å². The van der Waals surface area contributed by atoms with E-state index in [9.17, 15) is 0 Å². The van der Waals surface area contributed by atoms with Gasteiger partial charge >= 0.3 is 0 Å². The van der Waals surface area contributed by atoms with Gasteiger partial charge in [0.05, 0.1) is 13.2 Å². The Morgan fingerprint density at radius 3 is 2.64 bits per heavy atom. The molecule has 0 atom stereocenters. The quantitative estimate of drug-likeness (QED) is 0.939. The topological polar surface area (TPSA) is 50.3 Å². The van der Waals surface area contributed by atoms with Crippen molar-refractivity contribution >= 4 is 23.2 Å². The first-order chi connectivity index (χ1) is 10.7. The molecule has 0 unspecified atom stereocenters. The fourth-order valence-electron chi connectivity index (χ4n) is 2.39. The maximum Gasteiger partial charge on any atom is 0.134 e. The molecule has 1 aromatic carbocycles. The number of nitrogens with one attached hydrogen (secondary N) is 1. The number of anilines is 2. The third-order valence-electron chi connectivity index (χ3n) is 3.55. The van der Waals surface area contributed by atoms with Crippen LogP contribution in [0.25, 0.3) is 0 Å². The summed E-state index contributed by atoms with van der Waals surface area (Å²) in [4.78, 5) is 11.2. The Hall–Kier alpha value is -1.85. The van der Waals surface area contributed by atoms with E-state index in [0.29, 0.717) is 6.54 Å². The summed E-state index contributed by atoms with van der Waals surface area (Å²) in [7, 11) is 0. The van der Waals surface area contributed by atoms with Crippen LogP contribution in [0.5, 0.6) is 0 Å². The van der Waals surface area contributed by atoms with Crippen LogP contribution < -0.4 is 10.2 Å². The summed E-state index contributed by atoms with van der Waals surface area (Å²) in [6.07, 6.45) is 0. The van der Waals surface area contributed by atoms with E-state index in [1.807, 2.05) is 37.3 Å². The van der Waals surface area contributed by atoms with Crippen molar-refractivity contribution in [2.45, 2.75) is 13.5 Å². The average molecular weight is 319 g/mol. The third kappa shape index (κ3) is 3.87. The molecule has 1 aromatic heterocycles. The molecular weight excluding hydrogens is 300 g/mol. The summed E-state index contributed by atoms with van der Waals surface area (Å²) in [5, 5.41) is 4.10. The van der Waals surface area contributed by atoms with Crippen LogP contribution in [0.2, 0.25) is 5.02 Å². The molecule has 1 N–H and O–H groups in total. The van der Waals surface area contributed by atoms with Gasteiger partial charge in [0.25, 0.3) is 0 Å². The number of halogens is 1. The zero-order valence-corrected chi connectivity index (χ0v) is 13.3. The lowest BCUT2D eigenvalue weighted by Gasteiger charge is -2.28. The molecule has 0 radical (unpaired) electrons. The summed E-state index contributed by atoms with van der Waals surface area (Å²) in [5.74, 6) is 2.56. The summed E-state index contributed by atoms with van der Waals surface area (Å²) in [5.41, 5.74) is 1.16. The van der Waals surface area contributed by atoms with E-state index in [0.717, 1.165) is 54.3 Å². The molecule has 0 spiro atoms. The van der Waals surface area contributed by atoms with E-state index < -0.39 is 0 Å². The van der Waals surface area contributed by atoms with Gasteiger partial charge in [-0.05, 0) is 24.6 Å². The molecule has 2 aromatic rings. The van der Waals surface area contributed by atoms with Crippen LogP contribution in [0.15, 0.2) is 30.3 Å². The van der Waals surface area contributed by atoms with Crippen LogP contribution in [0.1, 0.15) is 11.4 Å². The Morgan fingerprint density at radius 1 is 1.18 bits per heavy atom. The largest absolute Gasteiger partial charge is 0.378 e. The Labute approximate surface area is 135 Å². The predicted molar refractivity (Wildman–Crippen MR) is 88.6 cm³/mol. The highest BCUT2D eigenvalue weighted by Crippen LogP contribution is 2.18. The van der Waals surface area contributed by atoms with Gasteiger partial charge in [-0.2, -0.15) is 0 Å². The summed E-state index contributed by atoms with van der Waals surface area (Å²) >= 11 is 5.90. The lowest BCUT2D eigenvalue weighted by molar-refractivity contribution is 0.122. The minimum atomic E-state index is 0.705. The lowest BCUT2D eigenvalue weighted by Crippen LogP contribution is -2.37. The monoisotopic (exact) mass is 318 g/mol. The molecule has 116 valence electrons. The second kappa shape index (κ2) is 6.94. The molecule has 1 saturated heterocycles. The number of benzene rings is 1. The van der Waals surface area contributed by atoms with Gasteiger partial charge in [0.1, 0.15) is 17.5 Å². The first kappa shape index (κ1) is 15.1. The summed E-state index contributed by atoms with van der Waals surface area (Å²) in [6, 6.07) is 9.79. The Kier molecular flexibility index (Phi) is 4.75. The van der Waals surface area contributed by atoms with Gasteiger partial charge in [-0.1, -0.05) is 23.7 Å². The minimum Gasteiger partial charge on any atom is -0.378 e. The zero-order chi connectivity index (χ0) is 15.4. The fraction of sp³-hybridized carbons (Fsp3) is 0.375. The Bertz CT molecular complexity index is 627. The van der Waals surface area contributed by atoms with Gasteiger partial charge in [-0.3, -0.25) is 0 Å². The number of ether oxygens (including phenoxy) is 1. The summed E-state index contributed by atoms with van der Waals surface area (Å²) < 4.78 is 5.39. The van der Waals surface area contributed by atoms with E-state index >= 15 is 0 Å². The number of morpholine rings is 1. The predicted octanol–water partition coefficient (Wildman–Crippen LogP) is 2.89. The van der Waals surface area contributed by atoms with Gasteiger partial charge in [-0.15, -0.1) is 0 Å². The highest BCUT2D eigenvalue weighted by atomic mass is 35.5. The van der Waals surface area contributed by atoms with Crippen molar-refractivity contribution in [3.05, 3.63) is 46.7 Å². The molecule has 6 heteroatoms. The molecule has 0 bridgehead atoms. The molecule has 0 aliphatic carbocycles. The molecule has 1 aliphatic heterocycles. The van der Waals surface area contributed by atoms with Crippen LogP contribution in [-0.2, 0) is 11.3 Å². The SMILES string of the molecule is Cc1nc(NCc2ccc(Cl)cc2)cc(N2CCOCC2)n1. The van der Waals surface area contributed by atoms with Crippen molar-refractivity contribution in [3.63, 3.8) is 0 Å². The number of hydrogen-bond acceptors (Lipinski definition) is 5. The van der Waals surface area contributed by atoms with Crippen LogP contribution in [-0.4, -0.2) is 36.3 Å². The van der Waals surface area contributed by atoms with E-state index in [1.54, 1.807) is 0 Å². The van der Waals surface area contributed by atoms with E-state index in [1.165, 1.54) is 0 Å².